The van der Waals surface area contributed by atoms with Gasteiger partial charge in [-0.25, -0.2) is 0 Å². The van der Waals surface area contributed by atoms with Crippen LogP contribution in [-0.4, -0.2) is 4.98 Å². The summed E-state index contributed by atoms with van der Waals surface area (Å²) in [5.74, 6) is 1.86. The van der Waals surface area contributed by atoms with Gasteiger partial charge in [0.15, 0.2) is 0 Å². The molecule has 1 nitrogen and oxygen atoms in total. The van der Waals surface area contributed by atoms with Gasteiger partial charge in [0, 0.05) is 11.9 Å². The summed E-state index contributed by atoms with van der Waals surface area (Å²) in [7, 11) is 0. The molecule has 1 fully saturated rings. The first kappa shape index (κ1) is 6.84. The van der Waals surface area contributed by atoms with Crippen LogP contribution in [0.3, 0.4) is 0 Å². The van der Waals surface area contributed by atoms with E-state index in [2.05, 4.69) is 24.0 Å². The lowest BCUT2D eigenvalue weighted by Crippen LogP contribution is -1.90. The summed E-state index contributed by atoms with van der Waals surface area (Å²) >= 11 is 0. The smallest absolute Gasteiger partial charge is 0.0406 e. The van der Waals surface area contributed by atoms with Crippen LogP contribution in [0.15, 0.2) is 24.4 Å². The van der Waals surface area contributed by atoms with Crippen LogP contribution in [0.4, 0.5) is 0 Å². The van der Waals surface area contributed by atoms with Gasteiger partial charge in [-0.2, -0.15) is 0 Å². The Hall–Kier alpha value is -0.850. The van der Waals surface area contributed by atoms with Crippen LogP contribution >= 0.6 is 0 Å². The molecule has 1 aliphatic rings. The second-order valence-electron chi connectivity index (χ2n) is 3.50. The largest absolute Gasteiger partial charge is 0.261 e. The van der Waals surface area contributed by atoms with Gasteiger partial charge in [-0.3, -0.25) is 4.98 Å². The molecule has 0 bridgehead atoms. The average Bonchev–Trinajstić information content (AvgIpc) is 2.69. The van der Waals surface area contributed by atoms with Crippen molar-refractivity contribution in [2.75, 3.05) is 0 Å². The van der Waals surface area contributed by atoms with Gasteiger partial charge in [0.25, 0.3) is 0 Å². The summed E-state index contributed by atoms with van der Waals surface area (Å²) in [6.45, 7) is 2.31. The third-order valence-electron chi connectivity index (χ3n) is 2.47. The molecule has 0 saturated heterocycles. The number of nitrogens with zero attached hydrogens (tertiary/aromatic N) is 1. The quantitative estimate of drug-likeness (QED) is 0.625. The van der Waals surface area contributed by atoms with Gasteiger partial charge in [-0.1, -0.05) is 13.0 Å². The molecule has 0 N–H and O–H groups in total. The number of hydrogen-bond acceptors (Lipinski definition) is 1. The molecule has 2 rings (SSSR count). The van der Waals surface area contributed by atoms with Crippen molar-refractivity contribution in [3.63, 3.8) is 0 Å². The van der Waals surface area contributed by atoms with E-state index in [0.717, 1.165) is 11.8 Å². The van der Waals surface area contributed by atoms with Crippen molar-refractivity contribution in [3.8, 4) is 0 Å². The first-order valence-corrected chi connectivity index (χ1v) is 4.26. The Bertz CT molecular complexity index is 230. The molecule has 0 amide bonds. The Kier molecular flexibility index (Phi) is 1.65. The molecule has 1 saturated carbocycles. The predicted octanol–water partition coefficient (Wildman–Crippen LogP) is 2.28. The highest BCUT2D eigenvalue weighted by Gasteiger charge is 2.32. The molecule has 0 spiro atoms. The maximum Gasteiger partial charge on any atom is 0.0406 e. The fraction of sp³-hybridized carbons (Fsp3) is 0.500. The van der Waals surface area contributed by atoms with Crippen molar-refractivity contribution >= 4 is 0 Å². The Morgan fingerprint density at radius 1 is 1.55 bits per heavy atom. The van der Waals surface area contributed by atoms with Crippen LogP contribution in [0.25, 0.3) is 0 Å². The Labute approximate surface area is 67.5 Å². The van der Waals surface area contributed by atoms with Gasteiger partial charge in [0.1, 0.15) is 0 Å². The van der Waals surface area contributed by atoms with E-state index in [1.807, 2.05) is 12.3 Å². The number of pyridine rings is 1. The van der Waals surface area contributed by atoms with E-state index in [0.29, 0.717) is 0 Å². The van der Waals surface area contributed by atoms with Gasteiger partial charge in [-0.05, 0) is 36.8 Å². The molecular formula is C10H13N. The standard InChI is InChI=1S/C10H13N/c1-8-6-9(8)7-10-4-2-3-5-11-10/h2-5,8-9H,6-7H2,1H3/t8-,9-/m0/s1. The second-order valence-corrected chi connectivity index (χ2v) is 3.50. The van der Waals surface area contributed by atoms with Gasteiger partial charge in [-0.15, -0.1) is 0 Å². The molecule has 0 radical (unpaired) electrons. The molecule has 1 aromatic rings. The van der Waals surface area contributed by atoms with Crippen LogP contribution in [0.2, 0.25) is 0 Å². The van der Waals surface area contributed by atoms with E-state index in [-0.39, 0.29) is 0 Å². The number of rotatable bonds is 2. The molecule has 1 aromatic heterocycles. The van der Waals surface area contributed by atoms with Crippen LogP contribution < -0.4 is 0 Å². The highest BCUT2D eigenvalue weighted by Crippen LogP contribution is 2.39. The maximum absolute atomic E-state index is 4.29. The van der Waals surface area contributed by atoms with Crippen molar-refractivity contribution < 1.29 is 0 Å². The lowest BCUT2D eigenvalue weighted by atomic mass is 10.2. The van der Waals surface area contributed by atoms with Crippen LogP contribution in [0, 0.1) is 11.8 Å². The Morgan fingerprint density at radius 3 is 2.91 bits per heavy atom. The minimum absolute atomic E-state index is 0.921. The van der Waals surface area contributed by atoms with Crippen molar-refractivity contribution in [3.05, 3.63) is 30.1 Å². The molecule has 1 heteroatoms. The van der Waals surface area contributed by atoms with Gasteiger partial charge >= 0.3 is 0 Å². The van der Waals surface area contributed by atoms with E-state index in [1.54, 1.807) is 0 Å². The highest BCUT2D eigenvalue weighted by molar-refractivity contribution is 5.06. The molecule has 0 aliphatic heterocycles. The lowest BCUT2D eigenvalue weighted by Gasteiger charge is -1.95. The van der Waals surface area contributed by atoms with E-state index < -0.39 is 0 Å². The summed E-state index contributed by atoms with van der Waals surface area (Å²) in [5, 5.41) is 0. The van der Waals surface area contributed by atoms with Crippen LogP contribution in [0.5, 0.6) is 0 Å². The summed E-state index contributed by atoms with van der Waals surface area (Å²) < 4.78 is 0. The molecule has 1 heterocycles. The van der Waals surface area contributed by atoms with E-state index in [9.17, 15) is 0 Å². The lowest BCUT2D eigenvalue weighted by molar-refractivity contribution is 0.731. The summed E-state index contributed by atoms with van der Waals surface area (Å²) in [5.41, 5.74) is 1.25. The summed E-state index contributed by atoms with van der Waals surface area (Å²) in [4.78, 5) is 4.29. The van der Waals surface area contributed by atoms with E-state index >= 15 is 0 Å². The zero-order valence-electron chi connectivity index (χ0n) is 6.83. The number of hydrogen-bond donors (Lipinski definition) is 0. The fourth-order valence-electron chi connectivity index (χ4n) is 1.47. The molecule has 0 aromatic carbocycles. The molecular weight excluding hydrogens is 134 g/mol. The second kappa shape index (κ2) is 2.65. The van der Waals surface area contributed by atoms with E-state index in [1.165, 1.54) is 18.5 Å². The summed E-state index contributed by atoms with van der Waals surface area (Å²) in [6, 6.07) is 6.15. The zero-order valence-corrected chi connectivity index (χ0v) is 6.83. The van der Waals surface area contributed by atoms with Crippen LogP contribution in [-0.2, 0) is 6.42 Å². The van der Waals surface area contributed by atoms with Crippen molar-refractivity contribution in [1.82, 2.24) is 4.98 Å². The summed E-state index contributed by atoms with van der Waals surface area (Å²) in [6.07, 6.45) is 4.46. The Morgan fingerprint density at radius 2 is 2.36 bits per heavy atom. The van der Waals surface area contributed by atoms with Gasteiger partial charge in [0.2, 0.25) is 0 Å². The highest BCUT2D eigenvalue weighted by atomic mass is 14.7. The molecule has 1 aliphatic carbocycles. The zero-order chi connectivity index (χ0) is 7.68. The van der Waals surface area contributed by atoms with Gasteiger partial charge < -0.3 is 0 Å². The van der Waals surface area contributed by atoms with Crippen molar-refractivity contribution in [1.29, 1.82) is 0 Å². The minimum atomic E-state index is 0.921. The topological polar surface area (TPSA) is 12.9 Å². The number of aromatic nitrogens is 1. The first-order chi connectivity index (χ1) is 5.36. The molecule has 11 heavy (non-hydrogen) atoms. The third-order valence-corrected chi connectivity index (χ3v) is 2.47. The van der Waals surface area contributed by atoms with Crippen molar-refractivity contribution in [2.24, 2.45) is 11.8 Å². The van der Waals surface area contributed by atoms with E-state index in [4.69, 9.17) is 0 Å². The molecule has 58 valence electrons. The van der Waals surface area contributed by atoms with Gasteiger partial charge in [0.05, 0.1) is 0 Å². The monoisotopic (exact) mass is 147 g/mol. The van der Waals surface area contributed by atoms with Crippen molar-refractivity contribution in [2.45, 2.75) is 19.8 Å². The SMILES string of the molecule is C[C@H]1C[C@H]1Cc1ccccn1. The Balaban J connectivity index is 1.97. The predicted molar refractivity (Wildman–Crippen MR) is 45.2 cm³/mol. The first-order valence-electron chi connectivity index (χ1n) is 4.26. The van der Waals surface area contributed by atoms with Crippen LogP contribution in [0.1, 0.15) is 19.0 Å². The fourth-order valence-corrected chi connectivity index (χ4v) is 1.47. The normalized spacial score (nSPS) is 28.5. The molecule has 2 atom stereocenters. The molecule has 0 unspecified atom stereocenters. The average molecular weight is 147 g/mol. The maximum atomic E-state index is 4.29. The minimum Gasteiger partial charge on any atom is -0.261 e. The third kappa shape index (κ3) is 1.59.